The Kier molecular flexibility index (Phi) is 5.29. The second-order valence-electron chi connectivity index (χ2n) is 4.39. The molecule has 0 saturated carbocycles. The monoisotopic (exact) mass is 226 g/mol. The second kappa shape index (κ2) is 6.51. The number of nitrogens with one attached hydrogen (secondary N) is 1. The predicted octanol–water partition coefficient (Wildman–Crippen LogP) is 1.16. The fourth-order valence-corrected chi connectivity index (χ4v) is 1.91. The van der Waals surface area contributed by atoms with Crippen LogP contribution in [0.2, 0.25) is 0 Å². The molecule has 1 aliphatic heterocycles. The average molecular weight is 226 g/mol. The predicted molar refractivity (Wildman–Crippen MR) is 62.9 cm³/mol. The smallest absolute Gasteiger partial charge is 0.225 e. The molecule has 0 aliphatic carbocycles. The maximum Gasteiger partial charge on any atom is 0.225 e. The van der Waals surface area contributed by atoms with Gasteiger partial charge in [0.2, 0.25) is 11.8 Å². The minimum atomic E-state index is -0.129. The van der Waals surface area contributed by atoms with Crippen LogP contribution in [0.3, 0.4) is 0 Å². The lowest BCUT2D eigenvalue weighted by Crippen LogP contribution is -2.33. The van der Waals surface area contributed by atoms with Crippen LogP contribution in [0.1, 0.15) is 39.5 Å². The Balaban J connectivity index is 2.36. The first-order valence-corrected chi connectivity index (χ1v) is 6.24. The van der Waals surface area contributed by atoms with Crippen molar-refractivity contribution in [2.24, 2.45) is 5.92 Å². The number of carbonyl (C=O) groups excluding carboxylic acids is 2. The molecule has 1 aliphatic rings. The van der Waals surface area contributed by atoms with Crippen LogP contribution in [0.5, 0.6) is 0 Å². The second-order valence-corrected chi connectivity index (χ2v) is 4.39. The lowest BCUT2D eigenvalue weighted by molar-refractivity contribution is -0.129. The van der Waals surface area contributed by atoms with Crippen molar-refractivity contribution >= 4 is 11.8 Å². The Labute approximate surface area is 97.4 Å². The topological polar surface area (TPSA) is 49.4 Å². The average Bonchev–Trinajstić information content (AvgIpc) is 2.65. The number of amides is 2. The Morgan fingerprint density at radius 1 is 1.44 bits per heavy atom. The van der Waals surface area contributed by atoms with E-state index < -0.39 is 0 Å². The molecule has 1 atom stereocenters. The lowest BCUT2D eigenvalue weighted by Gasteiger charge is -2.15. The van der Waals surface area contributed by atoms with Gasteiger partial charge >= 0.3 is 0 Å². The van der Waals surface area contributed by atoms with Crippen LogP contribution in [-0.4, -0.2) is 36.3 Å². The van der Waals surface area contributed by atoms with Gasteiger partial charge in [0.25, 0.3) is 0 Å². The SMILES string of the molecule is CCCCN1CC(C(=O)NCCC)CC1=O. The summed E-state index contributed by atoms with van der Waals surface area (Å²) in [6.45, 7) is 6.24. The molecule has 1 saturated heterocycles. The number of carbonyl (C=O) groups is 2. The van der Waals surface area contributed by atoms with Crippen molar-refractivity contribution < 1.29 is 9.59 Å². The Morgan fingerprint density at radius 2 is 2.19 bits per heavy atom. The molecular weight excluding hydrogens is 204 g/mol. The lowest BCUT2D eigenvalue weighted by atomic mass is 10.1. The quantitative estimate of drug-likeness (QED) is 0.739. The van der Waals surface area contributed by atoms with Crippen LogP contribution in [0.15, 0.2) is 0 Å². The molecule has 1 heterocycles. The summed E-state index contributed by atoms with van der Waals surface area (Å²) in [5.74, 6) is 0.0372. The number of likely N-dealkylation sites (tertiary alicyclic amines) is 1. The highest BCUT2D eigenvalue weighted by molar-refractivity contribution is 5.89. The zero-order valence-electron chi connectivity index (χ0n) is 10.3. The van der Waals surface area contributed by atoms with Gasteiger partial charge in [-0.15, -0.1) is 0 Å². The number of unbranched alkanes of at least 4 members (excludes halogenated alkanes) is 1. The Bertz CT molecular complexity index is 253. The Hall–Kier alpha value is -1.06. The molecule has 0 aromatic heterocycles. The van der Waals surface area contributed by atoms with E-state index in [0.29, 0.717) is 19.5 Å². The van der Waals surface area contributed by atoms with E-state index in [2.05, 4.69) is 12.2 Å². The van der Waals surface area contributed by atoms with E-state index >= 15 is 0 Å². The minimum Gasteiger partial charge on any atom is -0.356 e. The highest BCUT2D eigenvalue weighted by atomic mass is 16.2. The third-order valence-electron chi connectivity index (χ3n) is 2.92. The standard InChI is InChI=1S/C12H22N2O2/c1-3-5-7-14-9-10(8-11(14)15)12(16)13-6-4-2/h10H,3-9H2,1-2H3,(H,13,16). The van der Waals surface area contributed by atoms with E-state index in [0.717, 1.165) is 25.8 Å². The van der Waals surface area contributed by atoms with Gasteiger partial charge in [0.15, 0.2) is 0 Å². The fraction of sp³-hybridized carbons (Fsp3) is 0.833. The molecule has 1 unspecified atom stereocenters. The van der Waals surface area contributed by atoms with Crippen LogP contribution in [0, 0.1) is 5.92 Å². The molecular formula is C12H22N2O2. The first-order valence-electron chi connectivity index (χ1n) is 6.24. The molecule has 0 spiro atoms. The van der Waals surface area contributed by atoms with Crippen LogP contribution in [-0.2, 0) is 9.59 Å². The summed E-state index contributed by atoms with van der Waals surface area (Å²) >= 11 is 0. The van der Waals surface area contributed by atoms with Gasteiger partial charge in [-0.05, 0) is 12.8 Å². The molecule has 0 aromatic rings. The Morgan fingerprint density at radius 3 is 2.81 bits per heavy atom. The number of rotatable bonds is 6. The molecule has 0 bridgehead atoms. The summed E-state index contributed by atoms with van der Waals surface area (Å²) in [5.41, 5.74) is 0. The highest BCUT2D eigenvalue weighted by Gasteiger charge is 2.33. The fourth-order valence-electron chi connectivity index (χ4n) is 1.91. The normalized spacial score (nSPS) is 20.2. The zero-order valence-corrected chi connectivity index (χ0v) is 10.3. The summed E-state index contributed by atoms with van der Waals surface area (Å²) in [6.07, 6.45) is 3.43. The molecule has 1 N–H and O–H groups in total. The van der Waals surface area contributed by atoms with Crippen molar-refractivity contribution in [2.75, 3.05) is 19.6 Å². The van der Waals surface area contributed by atoms with Crippen LogP contribution < -0.4 is 5.32 Å². The number of nitrogens with zero attached hydrogens (tertiary/aromatic N) is 1. The maximum absolute atomic E-state index is 11.7. The molecule has 4 heteroatoms. The molecule has 1 fully saturated rings. The van der Waals surface area contributed by atoms with Gasteiger partial charge < -0.3 is 10.2 Å². The molecule has 2 amide bonds. The number of hydrogen-bond acceptors (Lipinski definition) is 2. The van der Waals surface area contributed by atoms with Crippen LogP contribution >= 0.6 is 0 Å². The summed E-state index contributed by atoms with van der Waals surface area (Å²) < 4.78 is 0. The van der Waals surface area contributed by atoms with Gasteiger partial charge in [-0.25, -0.2) is 0 Å². The van der Waals surface area contributed by atoms with E-state index in [4.69, 9.17) is 0 Å². The largest absolute Gasteiger partial charge is 0.356 e. The molecule has 0 radical (unpaired) electrons. The van der Waals surface area contributed by atoms with Gasteiger partial charge in [-0.2, -0.15) is 0 Å². The summed E-state index contributed by atoms with van der Waals surface area (Å²) in [6, 6.07) is 0. The van der Waals surface area contributed by atoms with Crippen LogP contribution in [0.25, 0.3) is 0 Å². The van der Waals surface area contributed by atoms with Crippen molar-refractivity contribution in [3.8, 4) is 0 Å². The van der Waals surface area contributed by atoms with Crippen molar-refractivity contribution in [1.82, 2.24) is 10.2 Å². The van der Waals surface area contributed by atoms with E-state index in [1.807, 2.05) is 11.8 Å². The first-order chi connectivity index (χ1) is 7.69. The van der Waals surface area contributed by atoms with E-state index in [1.54, 1.807) is 0 Å². The van der Waals surface area contributed by atoms with Crippen molar-refractivity contribution in [1.29, 1.82) is 0 Å². The molecule has 1 rings (SSSR count). The van der Waals surface area contributed by atoms with E-state index in [-0.39, 0.29) is 17.7 Å². The van der Waals surface area contributed by atoms with Crippen LogP contribution in [0.4, 0.5) is 0 Å². The first kappa shape index (κ1) is 13.0. The summed E-state index contributed by atoms with van der Waals surface area (Å²) in [4.78, 5) is 25.1. The van der Waals surface area contributed by atoms with Gasteiger partial charge in [-0.1, -0.05) is 20.3 Å². The zero-order chi connectivity index (χ0) is 12.0. The molecule has 92 valence electrons. The van der Waals surface area contributed by atoms with Crippen molar-refractivity contribution in [3.63, 3.8) is 0 Å². The van der Waals surface area contributed by atoms with Gasteiger partial charge in [0.1, 0.15) is 0 Å². The number of hydrogen-bond donors (Lipinski definition) is 1. The maximum atomic E-state index is 11.7. The molecule has 4 nitrogen and oxygen atoms in total. The third kappa shape index (κ3) is 3.51. The highest BCUT2D eigenvalue weighted by Crippen LogP contribution is 2.18. The van der Waals surface area contributed by atoms with E-state index in [9.17, 15) is 9.59 Å². The summed E-state index contributed by atoms with van der Waals surface area (Å²) in [7, 11) is 0. The molecule has 0 aromatic carbocycles. The van der Waals surface area contributed by atoms with Gasteiger partial charge in [-0.3, -0.25) is 9.59 Å². The molecule has 16 heavy (non-hydrogen) atoms. The third-order valence-corrected chi connectivity index (χ3v) is 2.92. The van der Waals surface area contributed by atoms with Crippen molar-refractivity contribution in [3.05, 3.63) is 0 Å². The van der Waals surface area contributed by atoms with Gasteiger partial charge in [0, 0.05) is 26.1 Å². The minimum absolute atomic E-state index is 0.0363. The summed E-state index contributed by atoms with van der Waals surface area (Å²) in [5, 5.41) is 2.85. The van der Waals surface area contributed by atoms with Crippen molar-refractivity contribution in [2.45, 2.75) is 39.5 Å². The van der Waals surface area contributed by atoms with E-state index in [1.165, 1.54) is 0 Å². The van der Waals surface area contributed by atoms with Gasteiger partial charge in [0.05, 0.1) is 5.92 Å².